The van der Waals surface area contributed by atoms with Crippen LogP contribution in [0.25, 0.3) is 0 Å². The van der Waals surface area contributed by atoms with Gasteiger partial charge in [0.15, 0.2) is 0 Å². The Kier molecular flexibility index (Phi) is 6.43. The lowest BCUT2D eigenvalue weighted by molar-refractivity contribution is -0.116. The molecule has 0 fully saturated rings. The molecule has 5 nitrogen and oxygen atoms in total. The van der Waals surface area contributed by atoms with E-state index < -0.39 is 5.56 Å². The van der Waals surface area contributed by atoms with E-state index in [1.54, 1.807) is 0 Å². The van der Waals surface area contributed by atoms with Crippen molar-refractivity contribution in [2.24, 2.45) is 0 Å². The molecule has 0 atom stereocenters. The largest absolute Gasteiger partial charge is 0.296 e. The summed E-state index contributed by atoms with van der Waals surface area (Å²) in [6.07, 6.45) is 7.10. The number of nitrogens with zero attached hydrogens (tertiary/aromatic N) is 1. The van der Waals surface area contributed by atoms with Gasteiger partial charge >= 0.3 is 0 Å². The minimum atomic E-state index is -0.454. The minimum absolute atomic E-state index is 0.00700. The van der Waals surface area contributed by atoms with E-state index in [2.05, 4.69) is 22.2 Å². The number of anilines is 1. The molecule has 1 aromatic rings. The van der Waals surface area contributed by atoms with Crippen LogP contribution in [0.2, 0.25) is 5.02 Å². The summed E-state index contributed by atoms with van der Waals surface area (Å²) in [5, 5.41) is 2.54. The van der Waals surface area contributed by atoms with E-state index in [0.717, 1.165) is 19.3 Å². The lowest BCUT2D eigenvalue weighted by Gasteiger charge is -2.03. The maximum Gasteiger partial charge on any atom is 0.271 e. The highest BCUT2D eigenvalue weighted by Gasteiger charge is 2.05. The van der Waals surface area contributed by atoms with Crippen LogP contribution in [-0.4, -0.2) is 15.9 Å². The van der Waals surface area contributed by atoms with Crippen LogP contribution < -0.4 is 10.9 Å². The first-order chi connectivity index (χ1) is 8.63. The van der Waals surface area contributed by atoms with E-state index >= 15 is 0 Å². The number of hydrogen-bond acceptors (Lipinski definition) is 3. The Balaban J connectivity index is 2.31. The van der Waals surface area contributed by atoms with E-state index in [-0.39, 0.29) is 16.9 Å². The highest BCUT2D eigenvalue weighted by Crippen LogP contribution is 2.06. The number of rotatable bonds is 7. The predicted molar refractivity (Wildman–Crippen MR) is 71.9 cm³/mol. The first-order valence-corrected chi connectivity index (χ1v) is 6.56. The van der Waals surface area contributed by atoms with Crippen LogP contribution in [0, 0.1) is 0 Å². The van der Waals surface area contributed by atoms with Gasteiger partial charge in [-0.25, -0.2) is 4.98 Å². The highest BCUT2D eigenvalue weighted by molar-refractivity contribution is 6.30. The number of halogens is 1. The van der Waals surface area contributed by atoms with E-state index in [0.29, 0.717) is 6.42 Å². The molecule has 2 N–H and O–H groups in total. The van der Waals surface area contributed by atoms with Crippen molar-refractivity contribution in [2.75, 3.05) is 5.32 Å². The fourth-order valence-electron chi connectivity index (χ4n) is 1.53. The Labute approximate surface area is 111 Å². The number of aromatic amines is 1. The summed E-state index contributed by atoms with van der Waals surface area (Å²) in [6, 6.07) is 0. The van der Waals surface area contributed by atoms with E-state index in [9.17, 15) is 9.59 Å². The zero-order chi connectivity index (χ0) is 13.4. The average Bonchev–Trinajstić information content (AvgIpc) is 2.34. The first-order valence-electron chi connectivity index (χ1n) is 6.18. The van der Waals surface area contributed by atoms with Gasteiger partial charge in [0.1, 0.15) is 5.02 Å². The summed E-state index contributed by atoms with van der Waals surface area (Å²) in [4.78, 5) is 28.9. The number of carbonyl (C=O) groups is 1. The zero-order valence-corrected chi connectivity index (χ0v) is 11.2. The summed E-state index contributed by atoms with van der Waals surface area (Å²) in [5.74, 6) is -0.0000656. The molecule has 0 saturated heterocycles. The fourth-order valence-corrected chi connectivity index (χ4v) is 1.62. The number of hydrogen-bond donors (Lipinski definition) is 2. The second kappa shape index (κ2) is 7.87. The molecule has 18 heavy (non-hydrogen) atoms. The molecule has 0 aliphatic rings. The third-order valence-electron chi connectivity index (χ3n) is 2.52. The smallest absolute Gasteiger partial charge is 0.271 e. The van der Waals surface area contributed by atoms with Gasteiger partial charge < -0.3 is 0 Å². The number of H-pyrrole nitrogens is 1. The monoisotopic (exact) mass is 271 g/mol. The molecule has 0 aliphatic heterocycles. The SMILES string of the molecule is CCCCCCCC(=O)Nc1ncc(Cl)c(=O)[nH]1. The van der Waals surface area contributed by atoms with Crippen LogP contribution in [0.15, 0.2) is 11.0 Å². The molecule has 1 heterocycles. The van der Waals surface area contributed by atoms with Crippen molar-refractivity contribution < 1.29 is 4.79 Å². The van der Waals surface area contributed by atoms with Gasteiger partial charge in [-0.1, -0.05) is 44.2 Å². The lowest BCUT2D eigenvalue weighted by atomic mass is 10.1. The van der Waals surface area contributed by atoms with Gasteiger partial charge in [0, 0.05) is 6.42 Å². The van der Waals surface area contributed by atoms with Gasteiger partial charge in [0.2, 0.25) is 11.9 Å². The lowest BCUT2D eigenvalue weighted by Crippen LogP contribution is -2.17. The summed E-state index contributed by atoms with van der Waals surface area (Å²) < 4.78 is 0. The Morgan fingerprint density at radius 1 is 1.39 bits per heavy atom. The van der Waals surface area contributed by atoms with Gasteiger partial charge in [-0.05, 0) is 6.42 Å². The van der Waals surface area contributed by atoms with Crippen LogP contribution in [0.4, 0.5) is 5.95 Å². The van der Waals surface area contributed by atoms with E-state index in [1.165, 1.54) is 19.0 Å². The molecule has 1 aromatic heterocycles. The van der Waals surface area contributed by atoms with Crippen LogP contribution in [0.5, 0.6) is 0 Å². The molecule has 0 aliphatic carbocycles. The molecule has 0 spiro atoms. The molecular formula is C12H18ClN3O2. The minimum Gasteiger partial charge on any atom is -0.296 e. The Bertz CT molecular complexity index is 445. The van der Waals surface area contributed by atoms with Crippen LogP contribution in [-0.2, 0) is 4.79 Å². The van der Waals surface area contributed by atoms with E-state index in [4.69, 9.17) is 11.6 Å². The quantitative estimate of drug-likeness (QED) is 0.749. The Morgan fingerprint density at radius 3 is 2.78 bits per heavy atom. The van der Waals surface area contributed by atoms with Gasteiger partial charge in [-0.2, -0.15) is 0 Å². The number of aromatic nitrogens is 2. The number of amides is 1. The number of carbonyl (C=O) groups excluding carboxylic acids is 1. The molecule has 0 aromatic carbocycles. The second-order valence-corrected chi connectivity index (χ2v) is 4.53. The van der Waals surface area contributed by atoms with Crippen molar-refractivity contribution in [3.63, 3.8) is 0 Å². The van der Waals surface area contributed by atoms with Gasteiger partial charge in [-0.3, -0.25) is 19.9 Å². The standard InChI is InChI=1S/C12H18ClN3O2/c1-2-3-4-5-6-7-10(17)15-12-14-8-9(13)11(18)16-12/h8H,2-7H2,1H3,(H2,14,15,16,17,18). The maximum absolute atomic E-state index is 11.5. The van der Waals surface area contributed by atoms with Crippen LogP contribution in [0.1, 0.15) is 45.4 Å². The molecule has 100 valence electrons. The maximum atomic E-state index is 11.5. The zero-order valence-electron chi connectivity index (χ0n) is 10.5. The topological polar surface area (TPSA) is 74.8 Å². The first kappa shape index (κ1) is 14.7. The highest BCUT2D eigenvalue weighted by atomic mass is 35.5. The van der Waals surface area contributed by atoms with Crippen LogP contribution in [0.3, 0.4) is 0 Å². The van der Waals surface area contributed by atoms with Crippen molar-refractivity contribution in [3.05, 3.63) is 21.6 Å². The molecule has 1 amide bonds. The number of unbranched alkanes of at least 4 members (excludes halogenated alkanes) is 4. The van der Waals surface area contributed by atoms with Gasteiger partial charge in [0.25, 0.3) is 5.56 Å². The summed E-state index contributed by atoms with van der Waals surface area (Å²) in [5.41, 5.74) is -0.454. The normalized spacial score (nSPS) is 10.3. The summed E-state index contributed by atoms with van der Waals surface area (Å²) in [7, 11) is 0. The summed E-state index contributed by atoms with van der Waals surface area (Å²) >= 11 is 5.53. The summed E-state index contributed by atoms with van der Waals surface area (Å²) in [6.45, 7) is 2.15. The van der Waals surface area contributed by atoms with Gasteiger partial charge in [0.05, 0.1) is 6.20 Å². The molecule has 0 unspecified atom stereocenters. The molecule has 0 saturated carbocycles. The third kappa shape index (κ3) is 5.31. The van der Waals surface area contributed by atoms with Crippen molar-refractivity contribution >= 4 is 23.5 Å². The van der Waals surface area contributed by atoms with Crippen molar-refractivity contribution in [3.8, 4) is 0 Å². The average molecular weight is 272 g/mol. The Morgan fingerprint density at radius 2 is 2.11 bits per heavy atom. The van der Waals surface area contributed by atoms with Gasteiger partial charge in [-0.15, -0.1) is 0 Å². The number of nitrogens with one attached hydrogen (secondary N) is 2. The van der Waals surface area contributed by atoms with Crippen molar-refractivity contribution in [1.82, 2.24) is 9.97 Å². The second-order valence-electron chi connectivity index (χ2n) is 4.12. The van der Waals surface area contributed by atoms with Crippen molar-refractivity contribution in [1.29, 1.82) is 0 Å². The molecule has 0 bridgehead atoms. The molecule has 1 rings (SSSR count). The third-order valence-corrected chi connectivity index (χ3v) is 2.79. The molecule has 0 radical (unpaired) electrons. The molecule has 6 heteroatoms. The fraction of sp³-hybridized carbons (Fsp3) is 0.583. The Hall–Kier alpha value is -1.36. The predicted octanol–water partition coefficient (Wildman–Crippen LogP) is 2.72. The van der Waals surface area contributed by atoms with Crippen LogP contribution >= 0.6 is 11.6 Å². The van der Waals surface area contributed by atoms with E-state index in [1.807, 2.05) is 0 Å². The molecular weight excluding hydrogens is 254 g/mol. The van der Waals surface area contributed by atoms with Crippen molar-refractivity contribution in [2.45, 2.75) is 45.4 Å².